The van der Waals surface area contributed by atoms with Crippen LogP contribution in [0.15, 0.2) is 42.5 Å². The fourth-order valence-corrected chi connectivity index (χ4v) is 3.81. The minimum absolute atomic E-state index is 0.00821. The summed E-state index contributed by atoms with van der Waals surface area (Å²) in [5, 5.41) is 2.82. The van der Waals surface area contributed by atoms with Crippen molar-refractivity contribution in [3.8, 4) is 0 Å². The molecule has 2 aromatic rings. The molecule has 1 aliphatic heterocycles. The topological polar surface area (TPSA) is 75.7 Å². The maximum Gasteiger partial charge on any atom is 0.309 e. The molecule has 31 heavy (non-hydrogen) atoms. The third-order valence-electron chi connectivity index (χ3n) is 5.79. The van der Waals surface area contributed by atoms with E-state index in [0.717, 1.165) is 16.7 Å². The highest BCUT2D eigenvalue weighted by Crippen LogP contribution is 2.22. The average Bonchev–Trinajstić information content (AvgIpc) is 2.75. The maximum absolute atomic E-state index is 12.7. The summed E-state index contributed by atoms with van der Waals surface area (Å²) in [4.78, 5) is 39.6. The van der Waals surface area contributed by atoms with E-state index >= 15 is 0 Å². The van der Waals surface area contributed by atoms with E-state index in [4.69, 9.17) is 4.74 Å². The third kappa shape index (κ3) is 5.51. The maximum atomic E-state index is 12.7. The van der Waals surface area contributed by atoms with Crippen molar-refractivity contribution in [2.75, 3.05) is 18.4 Å². The molecule has 1 fully saturated rings. The zero-order valence-corrected chi connectivity index (χ0v) is 18.6. The number of amides is 2. The molecular formula is C25H30N2O4. The van der Waals surface area contributed by atoms with E-state index in [9.17, 15) is 14.4 Å². The van der Waals surface area contributed by atoms with Crippen molar-refractivity contribution >= 4 is 23.5 Å². The molecule has 1 saturated heterocycles. The molecule has 1 atom stereocenters. The summed E-state index contributed by atoms with van der Waals surface area (Å²) in [6.07, 6.45) is 0.170. The van der Waals surface area contributed by atoms with Crippen LogP contribution in [0.3, 0.4) is 0 Å². The molecule has 164 valence electrons. The van der Waals surface area contributed by atoms with Crippen molar-refractivity contribution in [2.45, 2.75) is 46.6 Å². The van der Waals surface area contributed by atoms with Gasteiger partial charge < -0.3 is 15.0 Å². The highest BCUT2D eigenvalue weighted by Gasteiger charge is 2.31. The van der Waals surface area contributed by atoms with Gasteiger partial charge in [-0.1, -0.05) is 35.9 Å². The molecule has 0 saturated carbocycles. The molecule has 2 aromatic carbocycles. The highest BCUT2D eigenvalue weighted by molar-refractivity contribution is 5.96. The Balaban J connectivity index is 1.50. The predicted molar refractivity (Wildman–Crippen MR) is 120 cm³/mol. The van der Waals surface area contributed by atoms with Crippen LogP contribution in [0.4, 0.5) is 5.69 Å². The second-order valence-electron chi connectivity index (χ2n) is 8.27. The predicted octanol–water partition coefficient (Wildman–Crippen LogP) is 4.03. The first kappa shape index (κ1) is 22.5. The van der Waals surface area contributed by atoms with Gasteiger partial charge in [0, 0.05) is 24.3 Å². The first-order valence-corrected chi connectivity index (χ1v) is 10.7. The van der Waals surface area contributed by atoms with Crippen molar-refractivity contribution in [1.82, 2.24) is 4.90 Å². The van der Waals surface area contributed by atoms with Crippen molar-refractivity contribution in [3.05, 3.63) is 64.7 Å². The van der Waals surface area contributed by atoms with E-state index in [1.54, 1.807) is 11.8 Å². The van der Waals surface area contributed by atoms with E-state index in [1.165, 1.54) is 0 Å². The lowest BCUT2D eigenvalue weighted by Crippen LogP contribution is -2.42. The van der Waals surface area contributed by atoms with Crippen LogP contribution < -0.4 is 5.32 Å². The summed E-state index contributed by atoms with van der Waals surface area (Å²) in [6.45, 7) is 8.40. The Labute approximate surface area is 183 Å². The summed E-state index contributed by atoms with van der Waals surface area (Å²) in [7, 11) is 0. The molecule has 1 heterocycles. The van der Waals surface area contributed by atoms with Gasteiger partial charge in [-0.2, -0.15) is 0 Å². The number of anilines is 1. The number of piperidine rings is 1. The first-order valence-electron chi connectivity index (χ1n) is 10.7. The Kier molecular flexibility index (Phi) is 7.10. The van der Waals surface area contributed by atoms with Gasteiger partial charge in [-0.25, -0.2) is 0 Å². The van der Waals surface area contributed by atoms with Crippen LogP contribution in [0, 0.1) is 26.7 Å². The van der Waals surface area contributed by atoms with Crippen LogP contribution in [0.2, 0.25) is 0 Å². The van der Waals surface area contributed by atoms with E-state index in [1.807, 2.05) is 63.2 Å². The van der Waals surface area contributed by atoms with Crippen LogP contribution in [0.5, 0.6) is 0 Å². The smallest absolute Gasteiger partial charge is 0.309 e. The lowest BCUT2D eigenvalue weighted by molar-refractivity contribution is -0.158. The van der Waals surface area contributed by atoms with Gasteiger partial charge in [0.15, 0.2) is 6.10 Å². The molecule has 0 bridgehead atoms. The summed E-state index contributed by atoms with van der Waals surface area (Å²) >= 11 is 0. The van der Waals surface area contributed by atoms with Crippen molar-refractivity contribution in [3.63, 3.8) is 0 Å². The number of nitrogens with zero attached hydrogens (tertiary/aromatic N) is 1. The SMILES string of the molecule is Cc1ccc(NC(=O)[C@H](C)OC(=O)C2CCN(C(=O)c3ccccc3C)CC2)c(C)c1. The van der Waals surface area contributed by atoms with Gasteiger partial charge in [0.05, 0.1) is 5.92 Å². The van der Waals surface area contributed by atoms with Gasteiger partial charge in [-0.05, 0) is 63.8 Å². The molecule has 1 N–H and O–H groups in total. The Bertz CT molecular complexity index is 977. The number of carbonyl (C=O) groups excluding carboxylic acids is 3. The number of aryl methyl sites for hydroxylation is 3. The van der Waals surface area contributed by atoms with Gasteiger partial charge in [-0.15, -0.1) is 0 Å². The van der Waals surface area contributed by atoms with Crippen LogP contribution in [0.1, 0.15) is 46.8 Å². The van der Waals surface area contributed by atoms with Crippen molar-refractivity contribution < 1.29 is 19.1 Å². The molecule has 1 aliphatic rings. The number of hydrogen-bond donors (Lipinski definition) is 1. The van der Waals surface area contributed by atoms with Crippen LogP contribution in [-0.4, -0.2) is 41.9 Å². The van der Waals surface area contributed by atoms with Gasteiger partial charge in [0.2, 0.25) is 0 Å². The van der Waals surface area contributed by atoms with E-state index in [0.29, 0.717) is 37.2 Å². The Hall–Kier alpha value is -3.15. The van der Waals surface area contributed by atoms with Crippen LogP contribution in [0.25, 0.3) is 0 Å². The molecule has 0 spiro atoms. The van der Waals surface area contributed by atoms with Crippen LogP contribution >= 0.6 is 0 Å². The third-order valence-corrected chi connectivity index (χ3v) is 5.79. The van der Waals surface area contributed by atoms with Gasteiger partial charge in [-0.3, -0.25) is 14.4 Å². The lowest BCUT2D eigenvalue weighted by atomic mass is 9.96. The Morgan fingerprint density at radius 3 is 2.32 bits per heavy atom. The number of rotatable bonds is 5. The fraction of sp³-hybridized carbons (Fsp3) is 0.400. The number of hydrogen-bond acceptors (Lipinski definition) is 4. The summed E-state index contributed by atoms with van der Waals surface area (Å²) < 4.78 is 5.43. The number of ether oxygens (including phenoxy) is 1. The van der Waals surface area contributed by atoms with Gasteiger partial charge >= 0.3 is 5.97 Å². The quantitative estimate of drug-likeness (QED) is 0.738. The fourth-order valence-electron chi connectivity index (χ4n) is 3.81. The standard InChI is InChI=1S/C25H30N2O4/c1-16-9-10-22(18(3)15-16)26-23(28)19(4)31-25(30)20-11-13-27(14-12-20)24(29)21-8-6-5-7-17(21)2/h5-10,15,19-20H,11-14H2,1-4H3,(H,26,28)/t19-/m0/s1. The molecule has 0 aromatic heterocycles. The second-order valence-corrected chi connectivity index (χ2v) is 8.27. The lowest BCUT2D eigenvalue weighted by Gasteiger charge is -2.31. The first-order chi connectivity index (χ1) is 14.8. The van der Waals surface area contributed by atoms with E-state index in [-0.39, 0.29) is 23.7 Å². The minimum Gasteiger partial charge on any atom is -0.452 e. The number of likely N-dealkylation sites (tertiary alicyclic amines) is 1. The molecule has 6 heteroatoms. The number of benzene rings is 2. The zero-order chi connectivity index (χ0) is 22.5. The second kappa shape index (κ2) is 9.77. The highest BCUT2D eigenvalue weighted by atomic mass is 16.5. The number of carbonyl (C=O) groups is 3. The monoisotopic (exact) mass is 422 g/mol. The molecule has 6 nitrogen and oxygen atoms in total. The molecular weight excluding hydrogens is 392 g/mol. The largest absolute Gasteiger partial charge is 0.452 e. The van der Waals surface area contributed by atoms with E-state index in [2.05, 4.69) is 5.32 Å². The van der Waals surface area contributed by atoms with Crippen LogP contribution in [-0.2, 0) is 14.3 Å². The van der Waals surface area contributed by atoms with E-state index < -0.39 is 6.10 Å². The normalized spacial score (nSPS) is 15.3. The number of nitrogens with one attached hydrogen (secondary N) is 1. The molecule has 0 unspecified atom stereocenters. The Morgan fingerprint density at radius 1 is 1.00 bits per heavy atom. The number of esters is 1. The zero-order valence-electron chi connectivity index (χ0n) is 18.6. The van der Waals surface area contributed by atoms with Gasteiger partial charge in [0.25, 0.3) is 11.8 Å². The van der Waals surface area contributed by atoms with Gasteiger partial charge in [0.1, 0.15) is 0 Å². The molecule has 3 rings (SSSR count). The Morgan fingerprint density at radius 2 is 1.68 bits per heavy atom. The minimum atomic E-state index is -0.889. The molecule has 2 amide bonds. The summed E-state index contributed by atoms with van der Waals surface area (Å²) in [5.74, 6) is -1.05. The average molecular weight is 423 g/mol. The van der Waals surface area contributed by atoms with Crippen molar-refractivity contribution in [2.24, 2.45) is 5.92 Å². The molecule has 0 radical (unpaired) electrons. The van der Waals surface area contributed by atoms with Crippen molar-refractivity contribution in [1.29, 1.82) is 0 Å². The summed E-state index contributed by atoms with van der Waals surface area (Å²) in [6, 6.07) is 13.3. The molecule has 0 aliphatic carbocycles. The summed E-state index contributed by atoms with van der Waals surface area (Å²) in [5.41, 5.74) is 4.42.